The van der Waals surface area contributed by atoms with E-state index in [9.17, 15) is 21.0 Å². The fraction of sp³-hybridized carbons (Fsp3) is 1.00. The lowest BCUT2D eigenvalue weighted by molar-refractivity contribution is 0.124. The Morgan fingerprint density at radius 2 is 1.29 bits per heavy atom. The molecule has 0 bridgehead atoms. The molecule has 1 fully saturated rings. The van der Waals surface area contributed by atoms with E-state index in [0.717, 1.165) is 0 Å². The Morgan fingerprint density at radius 1 is 1.00 bits per heavy atom. The van der Waals surface area contributed by atoms with Crippen LogP contribution in [0.15, 0.2) is 0 Å². The molecule has 1 rings (SSSR count). The second-order valence-electron chi connectivity index (χ2n) is 2.33. The van der Waals surface area contributed by atoms with Crippen molar-refractivity contribution in [3.8, 4) is 0 Å². The van der Waals surface area contributed by atoms with Crippen molar-refractivity contribution in [1.29, 1.82) is 0 Å². The van der Waals surface area contributed by atoms with E-state index in [1.165, 1.54) is 0 Å². The van der Waals surface area contributed by atoms with Crippen LogP contribution in [0.4, 0.5) is 0 Å². The Bertz CT molecular complexity index is 355. The zero-order valence-corrected chi connectivity index (χ0v) is 9.95. The average molecular weight is 266 g/mol. The van der Waals surface area contributed by atoms with Crippen LogP contribution in [-0.4, -0.2) is 45.4 Å². The van der Waals surface area contributed by atoms with Gasteiger partial charge in [0.15, 0.2) is 6.79 Å². The molecule has 1 saturated heterocycles. The zero-order valence-electron chi connectivity index (χ0n) is 7.50. The van der Waals surface area contributed by atoms with Gasteiger partial charge >= 0.3 is 0 Å². The fourth-order valence-corrected chi connectivity index (χ4v) is 2.82. The van der Waals surface area contributed by atoms with Gasteiger partial charge in [0.2, 0.25) is 5.08 Å². The van der Waals surface area contributed by atoms with Crippen molar-refractivity contribution in [2.45, 2.75) is 0 Å². The summed E-state index contributed by atoms with van der Waals surface area (Å²) in [6, 6.07) is 0. The summed E-state index contributed by atoms with van der Waals surface area (Å²) in [5.41, 5.74) is 0. The standard InChI is InChI=1S/C2H4O6S2.C2H6OS/c3-9(4)2-10(5,6)8-1-7-9;1-4(2)3/h1-2H2;1-2H3. The highest BCUT2D eigenvalue weighted by Crippen LogP contribution is 2.08. The number of hydrogen-bond acceptors (Lipinski definition) is 7. The maximum Gasteiger partial charge on any atom is 0.286 e. The minimum atomic E-state index is -3.90. The van der Waals surface area contributed by atoms with Crippen LogP contribution >= 0.6 is 0 Å². The van der Waals surface area contributed by atoms with Crippen LogP contribution in [0.1, 0.15) is 0 Å². The predicted octanol–water partition coefficient (Wildman–Crippen LogP) is -1.40. The molecule has 1 aliphatic heterocycles. The van der Waals surface area contributed by atoms with Gasteiger partial charge in [-0.15, -0.1) is 0 Å². The zero-order chi connectivity index (χ0) is 11.4. The third-order valence-corrected chi connectivity index (χ3v) is 3.96. The third-order valence-electron chi connectivity index (χ3n) is 0.744. The largest absolute Gasteiger partial charge is 0.286 e. The Balaban J connectivity index is 0.000000364. The first kappa shape index (κ1) is 14.0. The summed E-state index contributed by atoms with van der Waals surface area (Å²) in [5.74, 6) is 0. The molecule has 1 heterocycles. The lowest BCUT2D eigenvalue weighted by Crippen LogP contribution is -2.28. The lowest BCUT2D eigenvalue weighted by Gasteiger charge is -2.11. The van der Waals surface area contributed by atoms with Crippen LogP contribution in [0.5, 0.6) is 0 Å². The molecule has 10 heteroatoms. The summed E-state index contributed by atoms with van der Waals surface area (Å²) in [4.78, 5) is 0. The first-order valence-electron chi connectivity index (χ1n) is 3.14. The van der Waals surface area contributed by atoms with Crippen LogP contribution in [0.25, 0.3) is 0 Å². The van der Waals surface area contributed by atoms with Gasteiger partial charge in [0, 0.05) is 23.3 Å². The Labute approximate surface area is 85.1 Å². The second-order valence-corrected chi connectivity index (χ2v) is 7.46. The highest BCUT2D eigenvalue weighted by molar-refractivity contribution is 8.04. The molecule has 7 nitrogen and oxygen atoms in total. The van der Waals surface area contributed by atoms with Crippen molar-refractivity contribution in [3.05, 3.63) is 0 Å². The molecular weight excluding hydrogens is 256 g/mol. The maximum absolute atomic E-state index is 10.4. The minimum absolute atomic E-state index is 0.611. The molecule has 0 atom stereocenters. The van der Waals surface area contributed by atoms with Gasteiger partial charge in [-0.25, -0.2) is 8.37 Å². The molecule has 1 aliphatic rings. The van der Waals surface area contributed by atoms with Gasteiger partial charge < -0.3 is 0 Å². The molecule has 0 aromatic rings. The Hall–Kier alpha value is -0.0300. The average Bonchev–Trinajstić information content (AvgIpc) is 1.78. The number of hydrogen-bond donors (Lipinski definition) is 0. The normalized spacial score (nSPS) is 23.6. The summed E-state index contributed by atoms with van der Waals surface area (Å²) in [6.07, 6.45) is 3.28. The van der Waals surface area contributed by atoms with E-state index < -0.39 is 42.9 Å². The fourth-order valence-electron chi connectivity index (χ4n) is 0.411. The Kier molecular flexibility index (Phi) is 5.15. The molecule has 0 aromatic heterocycles. The lowest BCUT2D eigenvalue weighted by atomic mass is 11.6. The SMILES string of the molecule is CS(C)=O.O=S1(=O)CS(=O)(=O)OCO1. The second kappa shape index (κ2) is 5.16. The van der Waals surface area contributed by atoms with Crippen molar-refractivity contribution < 1.29 is 29.4 Å². The predicted molar refractivity (Wildman–Crippen MR) is 49.7 cm³/mol. The van der Waals surface area contributed by atoms with Crippen LogP contribution in [0, 0.1) is 0 Å². The van der Waals surface area contributed by atoms with Gasteiger partial charge in [0.05, 0.1) is 0 Å². The van der Waals surface area contributed by atoms with Gasteiger partial charge in [-0.05, 0) is 0 Å². The van der Waals surface area contributed by atoms with Crippen molar-refractivity contribution in [2.24, 2.45) is 0 Å². The quantitative estimate of drug-likeness (QED) is 0.497. The summed E-state index contributed by atoms with van der Waals surface area (Å²) < 4.78 is 59.0. The highest BCUT2D eigenvalue weighted by Gasteiger charge is 2.29. The molecule has 0 amide bonds. The van der Waals surface area contributed by atoms with E-state index in [-0.39, 0.29) is 0 Å². The van der Waals surface area contributed by atoms with Gasteiger partial charge in [0.1, 0.15) is 0 Å². The summed E-state index contributed by atoms with van der Waals surface area (Å²) >= 11 is 0. The van der Waals surface area contributed by atoms with Crippen molar-refractivity contribution >= 4 is 31.0 Å². The molecule has 0 aliphatic carbocycles. The Morgan fingerprint density at radius 3 is 1.43 bits per heavy atom. The van der Waals surface area contributed by atoms with E-state index in [1.807, 2.05) is 0 Å². The van der Waals surface area contributed by atoms with E-state index >= 15 is 0 Å². The molecule has 0 saturated carbocycles. The monoisotopic (exact) mass is 266 g/mol. The van der Waals surface area contributed by atoms with Crippen LogP contribution < -0.4 is 0 Å². The molecule has 0 unspecified atom stereocenters. The van der Waals surface area contributed by atoms with Crippen LogP contribution in [0.3, 0.4) is 0 Å². The van der Waals surface area contributed by atoms with Crippen molar-refractivity contribution in [3.63, 3.8) is 0 Å². The van der Waals surface area contributed by atoms with Gasteiger partial charge in [-0.2, -0.15) is 16.8 Å². The van der Waals surface area contributed by atoms with Gasteiger partial charge in [-0.1, -0.05) is 0 Å². The molecule has 14 heavy (non-hydrogen) atoms. The molecule has 0 aromatic carbocycles. The van der Waals surface area contributed by atoms with E-state index in [4.69, 9.17) is 0 Å². The molecule has 0 radical (unpaired) electrons. The first-order chi connectivity index (χ1) is 6.15. The highest BCUT2D eigenvalue weighted by atomic mass is 32.3. The summed E-state index contributed by atoms with van der Waals surface area (Å²) in [5, 5.41) is -1.10. The summed E-state index contributed by atoms with van der Waals surface area (Å²) in [7, 11) is -8.42. The molecule has 86 valence electrons. The smallest absolute Gasteiger partial charge is 0.260 e. The van der Waals surface area contributed by atoms with Crippen molar-refractivity contribution in [2.75, 3.05) is 24.4 Å². The van der Waals surface area contributed by atoms with E-state index in [1.54, 1.807) is 12.5 Å². The first-order valence-corrected chi connectivity index (χ1v) is 8.26. The van der Waals surface area contributed by atoms with Crippen LogP contribution in [-0.2, 0) is 39.4 Å². The van der Waals surface area contributed by atoms with Crippen molar-refractivity contribution in [1.82, 2.24) is 0 Å². The topological polar surface area (TPSA) is 104 Å². The maximum atomic E-state index is 10.4. The van der Waals surface area contributed by atoms with Crippen LogP contribution in [0.2, 0.25) is 0 Å². The van der Waals surface area contributed by atoms with Gasteiger partial charge in [0.25, 0.3) is 20.2 Å². The number of rotatable bonds is 0. The molecule has 0 N–H and O–H groups in total. The molecule has 0 spiro atoms. The molecular formula is C4H10O7S3. The third kappa shape index (κ3) is 7.38. The summed E-state index contributed by atoms with van der Waals surface area (Å²) in [6.45, 7) is -0.745. The van der Waals surface area contributed by atoms with Gasteiger partial charge in [-0.3, -0.25) is 4.21 Å². The minimum Gasteiger partial charge on any atom is -0.260 e. The van der Waals surface area contributed by atoms with E-state index in [0.29, 0.717) is 0 Å². The van der Waals surface area contributed by atoms with E-state index in [2.05, 4.69) is 8.37 Å².